The van der Waals surface area contributed by atoms with E-state index >= 15 is 0 Å². The molecule has 0 atom stereocenters. The molecule has 10 heteroatoms. The van der Waals surface area contributed by atoms with E-state index in [-0.39, 0.29) is 62.7 Å². The largest absolute Gasteiger partial charge is 0.484 e. The standard InChI is InChI=1S/C20H25N3O6S/c1-16-5-2-3-6-17(16)29-15-19(24)21-8-14-30(26,27)23-11-9-22(10-12-23)20(25)18-7-4-13-28-18/h2-7,13H,8-12,14-15H2,1H3,(H,21,24). The monoisotopic (exact) mass is 435 g/mol. The van der Waals surface area contributed by atoms with Crippen molar-refractivity contribution < 1.29 is 27.2 Å². The number of hydrogen-bond acceptors (Lipinski definition) is 6. The van der Waals surface area contributed by atoms with Crippen LogP contribution in [0.2, 0.25) is 0 Å². The zero-order chi connectivity index (χ0) is 21.6. The molecule has 2 heterocycles. The minimum Gasteiger partial charge on any atom is -0.484 e. The van der Waals surface area contributed by atoms with Crippen molar-refractivity contribution in [2.75, 3.05) is 45.1 Å². The Hall–Kier alpha value is -2.85. The fourth-order valence-electron chi connectivity index (χ4n) is 3.09. The number of ether oxygens (including phenoxy) is 1. The van der Waals surface area contributed by atoms with Crippen LogP contribution in [0.5, 0.6) is 5.75 Å². The SMILES string of the molecule is Cc1ccccc1OCC(=O)NCCS(=O)(=O)N1CCN(C(=O)c2ccco2)CC1. The van der Waals surface area contributed by atoms with Crippen LogP contribution < -0.4 is 10.1 Å². The fraction of sp³-hybridized carbons (Fsp3) is 0.400. The van der Waals surface area contributed by atoms with E-state index in [9.17, 15) is 18.0 Å². The maximum Gasteiger partial charge on any atom is 0.289 e. The van der Waals surface area contributed by atoms with Gasteiger partial charge in [-0.25, -0.2) is 8.42 Å². The van der Waals surface area contributed by atoms with E-state index in [1.807, 2.05) is 25.1 Å². The van der Waals surface area contributed by atoms with Crippen LogP contribution in [0.3, 0.4) is 0 Å². The molecule has 1 aliphatic rings. The average molecular weight is 436 g/mol. The third kappa shape index (κ3) is 5.61. The van der Waals surface area contributed by atoms with Crippen LogP contribution in [0.1, 0.15) is 16.1 Å². The van der Waals surface area contributed by atoms with Crippen LogP contribution in [0, 0.1) is 6.92 Å². The summed E-state index contributed by atoms with van der Waals surface area (Å²) < 4.78 is 36.9. The van der Waals surface area contributed by atoms with Gasteiger partial charge in [-0.05, 0) is 30.7 Å². The van der Waals surface area contributed by atoms with Crippen molar-refractivity contribution in [3.63, 3.8) is 0 Å². The van der Waals surface area contributed by atoms with E-state index in [0.29, 0.717) is 5.75 Å². The third-order valence-electron chi connectivity index (χ3n) is 4.79. The van der Waals surface area contributed by atoms with Crippen LogP contribution in [0.4, 0.5) is 0 Å². The molecule has 0 unspecified atom stereocenters. The minimum atomic E-state index is -3.54. The second-order valence-corrected chi connectivity index (χ2v) is 8.98. The molecule has 0 bridgehead atoms. The molecule has 162 valence electrons. The van der Waals surface area contributed by atoms with Crippen molar-refractivity contribution in [1.82, 2.24) is 14.5 Å². The molecular weight excluding hydrogens is 410 g/mol. The van der Waals surface area contributed by atoms with Crippen molar-refractivity contribution in [2.45, 2.75) is 6.92 Å². The van der Waals surface area contributed by atoms with Crippen LogP contribution in [0.15, 0.2) is 47.1 Å². The number of hydrogen-bond donors (Lipinski definition) is 1. The lowest BCUT2D eigenvalue weighted by Crippen LogP contribution is -2.51. The fourth-order valence-corrected chi connectivity index (χ4v) is 4.42. The number of rotatable bonds is 8. The summed E-state index contributed by atoms with van der Waals surface area (Å²) in [6.45, 7) is 2.67. The maximum absolute atomic E-state index is 12.5. The number of sulfonamides is 1. The molecule has 1 N–H and O–H groups in total. The molecule has 0 radical (unpaired) electrons. The van der Waals surface area contributed by atoms with Crippen molar-refractivity contribution >= 4 is 21.8 Å². The number of nitrogens with one attached hydrogen (secondary N) is 1. The quantitative estimate of drug-likeness (QED) is 0.659. The molecule has 0 spiro atoms. The van der Waals surface area contributed by atoms with E-state index in [4.69, 9.17) is 9.15 Å². The molecule has 1 saturated heterocycles. The molecule has 9 nitrogen and oxygen atoms in total. The highest BCUT2D eigenvalue weighted by atomic mass is 32.2. The molecule has 0 saturated carbocycles. The van der Waals surface area contributed by atoms with Gasteiger partial charge in [0.1, 0.15) is 5.75 Å². The molecule has 3 rings (SSSR count). The second kappa shape index (κ2) is 9.77. The first-order valence-electron chi connectivity index (χ1n) is 9.62. The van der Waals surface area contributed by atoms with Crippen LogP contribution >= 0.6 is 0 Å². The molecular formula is C20H25N3O6S. The lowest BCUT2D eigenvalue weighted by Gasteiger charge is -2.33. The summed E-state index contributed by atoms with van der Waals surface area (Å²) >= 11 is 0. The van der Waals surface area contributed by atoms with Gasteiger partial charge < -0.3 is 19.4 Å². The Balaban J connectivity index is 1.39. The van der Waals surface area contributed by atoms with Crippen molar-refractivity contribution in [2.24, 2.45) is 0 Å². The first-order chi connectivity index (χ1) is 14.4. The average Bonchev–Trinajstić information content (AvgIpc) is 3.27. The summed E-state index contributed by atoms with van der Waals surface area (Å²) in [5, 5.41) is 2.57. The highest BCUT2D eigenvalue weighted by molar-refractivity contribution is 7.89. The van der Waals surface area contributed by atoms with E-state index < -0.39 is 10.0 Å². The number of furan rings is 1. The number of aryl methyl sites for hydroxylation is 1. The molecule has 0 aliphatic carbocycles. The van der Waals surface area contributed by atoms with Crippen molar-refractivity contribution in [1.29, 1.82) is 0 Å². The van der Waals surface area contributed by atoms with E-state index in [1.165, 1.54) is 10.6 Å². The number of amides is 2. The Morgan fingerprint density at radius 3 is 2.50 bits per heavy atom. The highest BCUT2D eigenvalue weighted by Gasteiger charge is 2.29. The Bertz CT molecular complexity index is 966. The van der Waals surface area contributed by atoms with Gasteiger partial charge in [-0.3, -0.25) is 9.59 Å². The van der Waals surface area contributed by atoms with Gasteiger partial charge in [-0.1, -0.05) is 18.2 Å². The first kappa shape index (κ1) is 21.8. The van der Waals surface area contributed by atoms with Gasteiger partial charge in [0.25, 0.3) is 11.8 Å². The number of para-hydroxylation sites is 1. The number of benzene rings is 1. The normalized spacial score (nSPS) is 15.0. The van der Waals surface area contributed by atoms with E-state index in [2.05, 4.69) is 5.32 Å². The first-order valence-corrected chi connectivity index (χ1v) is 11.2. The highest BCUT2D eigenvalue weighted by Crippen LogP contribution is 2.16. The summed E-state index contributed by atoms with van der Waals surface area (Å²) in [5.41, 5.74) is 0.914. The van der Waals surface area contributed by atoms with E-state index in [1.54, 1.807) is 23.1 Å². The van der Waals surface area contributed by atoms with Gasteiger partial charge in [0.15, 0.2) is 12.4 Å². The molecule has 1 aliphatic heterocycles. The second-order valence-electron chi connectivity index (χ2n) is 6.89. The number of carbonyl (C=O) groups is 2. The summed E-state index contributed by atoms with van der Waals surface area (Å²) in [6.07, 6.45) is 1.42. The van der Waals surface area contributed by atoms with E-state index in [0.717, 1.165) is 5.56 Å². The zero-order valence-corrected chi connectivity index (χ0v) is 17.6. The molecule has 1 fully saturated rings. The Morgan fingerprint density at radius 2 is 1.83 bits per heavy atom. The van der Waals surface area contributed by atoms with Crippen molar-refractivity contribution in [3.8, 4) is 5.75 Å². The van der Waals surface area contributed by atoms with Gasteiger partial charge in [-0.2, -0.15) is 4.31 Å². The number of piperazine rings is 1. The minimum absolute atomic E-state index is 0.0101. The summed E-state index contributed by atoms with van der Waals surface area (Å²) in [5.74, 6) is -0.000603. The van der Waals surface area contributed by atoms with Crippen LogP contribution in [-0.2, 0) is 14.8 Å². The molecule has 2 amide bonds. The van der Waals surface area contributed by atoms with Gasteiger partial charge >= 0.3 is 0 Å². The zero-order valence-electron chi connectivity index (χ0n) is 16.7. The van der Waals surface area contributed by atoms with Gasteiger partial charge in [0.2, 0.25) is 10.0 Å². The Kier molecular flexibility index (Phi) is 7.11. The lowest BCUT2D eigenvalue weighted by atomic mass is 10.2. The molecule has 30 heavy (non-hydrogen) atoms. The third-order valence-corrected chi connectivity index (χ3v) is 6.66. The number of nitrogens with zero attached hydrogens (tertiary/aromatic N) is 2. The van der Waals surface area contributed by atoms with Gasteiger partial charge in [0.05, 0.1) is 12.0 Å². The smallest absolute Gasteiger partial charge is 0.289 e. The summed E-state index contributed by atoms with van der Waals surface area (Å²) in [4.78, 5) is 25.7. The molecule has 1 aromatic heterocycles. The Labute approximate surface area is 175 Å². The molecule has 2 aromatic rings. The topological polar surface area (TPSA) is 109 Å². The predicted octanol–water partition coefficient (Wildman–Crippen LogP) is 0.871. The maximum atomic E-state index is 12.5. The summed E-state index contributed by atoms with van der Waals surface area (Å²) in [6, 6.07) is 10.5. The van der Waals surface area contributed by atoms with Gasteiger partial charge in [0, 0.05) is 32.7 Å². The van der Waals surface area contributed by atoms with Crippen LogP contribution in [0.25, 0.3) is 0 Å². The van der Waals surface area contributed by atoms with Crippen molar-refractivity contribution in [3.05, 3.63) is 54.0 Å². The lowest BCUT2D eigenvalue weighted by molar-refractivity contribution is -0.122. The summed E-state index contributed by atoms with van der Waals surface area (Å²) in [7, 11) is -3.54. The number of carbonyl (C=O) groups excluding carboxylic acids is 2. The Morgan fingerprint density at radius 1 is 1.10 bits per heavy atom. The van der Waals surface area contributed by atoms with Crippen LogP contribution in [-0.4, -0.2) is 74.5 Å². The molecule has 1 aromatic carbocycles. The van der Waals surface area contributed by atoms with Gasteiger partial charge in [-0.15, -0.1) is 0 Å². The predicted molar refractivity (Wildman–Crippen MR) is 110 cm³/mol.